The molecule has 7 rings (SSSR count). The SMILES string of the molecule is CC[C@H](C)[C@H](NC(=O)[C@H](C)NC(=O)[C@H](CO)NC(=O)[C@H](CCCNC(=N)N)NC(C)=O)C(=O)N[C@@H](CCCNC(=N)N)C(=O)N[C@@H](CCCNC(=N)NCCOCCn1cc(CN(C)CCCn2cc(C3=C(c4cn(C)c5ccccc45)C(=O)NC3=O)c3ccccc32)nn1)C(=O)ON[C@@H](C)C(=O)N[C@@H](C)C(=O)N[C@H](C(=O)N[C@H](C(=O)N[C@@H](CCC(=O)O)C(=O)N[C@@H](CCSC)C(=O)N1CCC[C@H]1C(N)=O)[C@@H](C)CC)[C@@H](C)O. The first kappa shape index (κ1) is 120. The number of para-hydroxylation sites is 2. The average molecular weight is 2090 g/mol. The molecule has 5 aromatic rings. The van der Waals surface area contributed by atoms with Crippen molar-refractivity contribution < 1.29 is 106 Å². The van der Waals surface area contributed by atoms with Gasteiger partial charge in [-0.2, -0.15) is 11.8 Å². The van der Waals surface area contributed by atoms with Crippen molar-refractivity contribution in [3.63, 3.8) is 0 Å². The van der Waals surface area contributed by atoms with E-state index in [-0.39, 0.29) is 116 Å². The molecule has 1 saturated heterocycles. The maximum atomic E-state index is 14.8. The van der Waals surface area contributed by atoms with E-state index in [4.69, 9.17) is 43.0 Å². The van der Waals surface area contributed by atoms with Gasteiger partial charge in [0.2, 0.25) is 76.8 Å². The van der Waals surface area contributed by atoms with Crippen LogP contribution in [0.3, 0.4) is 0 Å². The average Bonchev–Trinajstić information content (AvgIpc) is 1.58. The minimum atomic E-state index is -1.83. The molecule has 3 aromatic heterocycles. The molecular formula is C95H146N30O22S. The number of aromatic nitrogens is 5. The summed E-state index contributed by atoms with van der Waals surface area (Å²) in [5.74, 6) is -17.3. The quantitative estimate of drug-likeness (QED) is 0.00575. The topological polar surface area (TPSA) is 771 Å². The number of carbonyl (C=O) groups excluding carboxylic acids is 16. The maximum absolute atomic E-state index is 14.8. The summed E-state index contributed by atoms with van der Waals surface area (Å²) < 4.78 is 11.5. The molecule has 0 saturated carbocycles. The molecule has 2 aromatic carbocycles. The van der Waals surface area contributed by atoms with Gasteiger partial charge in [-0.05, 0) is 148 Å². The van der Waals surface area contributed by atoms with Crippen molar-refractivity contribution in [3.05, 3.63) is 83.9 Å². The fraction of sp³-hybridized carbons (Fsp3) is 0.579. The number of carbonyl (C=O) groups is 17. The predicted octanol–water partition coefficient (Wildman–Crippen LogP) is -4.36. The summed E-state index contributed by atoms with van der Waals surface area (Å²) in [5.41, 5.74) is 23.3. The van der Waals surface area contributed by atoms with Crippen LogP contribution >= 0.6 is 11.8 Å². The van der Waals surface area contributed by atoms with E-state index in [2.05, 4.69) is 110 Å². The summed E-state index contributed by atoms with van der Waals surface area (Å²) in [6, 6.07) is -3.61. The van der Waals surface area contributed by atoms with Gasteiger partial charge in [-0.3, -0.25) is 98.3 Å². The number of nitrogens with zero attached hydrogens (tertiary/aromatic N) is 7. The molecule has 15 amide bonds. The second-order valence-corrected chi connectivity index (χ2v) is 37.7. The molecule has 148 heavy (non-hydrogen) atoms. The van der Waals surface area contributed by atoms with Crippen LogP contribution in [0.25, 0.3) is 33.0 Å². The Morgan fingerprint density at radius 1 is 0.561 bits per heavy atom. The first-order chi connectivity index (χ1) is 70.3. The number of aliphatic carboxylic acids is 1. The molecule has 29 N–H and O–H groups in total. The Bertz CT molecular complexity index is 5530. The Balaban J connectivity index is 0.979. The van der Waals surface area contributed by atoms with Crippen molar-refractivity contribution in [2.24, 2.45) is 36.1 Å². The molecule has 0 bridgehead atoms. The summed E-state index contributed by atoms with van der Waals surface area (Å²) in [4.78, 5) is 241. The Morgan fingerprint density at radius 3 is 1.60 bits per heavy atom. The third-order valence-corrected chi connectivity index (χ3v) is 25.7. The van der Waals surface area contributed by atoms with Crippen LogP contribution in [0.2, 0.25) is 0 Å². The lowest BCUT2D eigenvalue weighted by atomic mass is 9.95. The Kier molecular flexibility index (Phi) is 48.8. The van der Waals surface area contributed by atoms with E-state index in [9.17, 15) is 96.8 Å². The smallest absolute Gasteiger partial charge is 0.347 e. The van der Waals surface area contributed by atoms with Gasteiger partial charge < -0.3 is 141 Å². The third-order valence-electron chi connectivity index (χ3n) is 25.1. The summed E-state index contributed by atoms with van der Waals surface area (Å²) in [5, 5.41) is 106. The third kappa shape index (κ3) is 36.9. The molecule has 0 unspecified atom stereocenters. The number of aliphatic hydroxyl groups excluding tert-OH is 2. The standard InChI is InChI=1S/C95H146N30O22S/c1-13-51(3)75(114-79(132)54(6)107-85(138)68(50-126)113-82(135)63(108-57(9)128)26-19-35-102-93(97)98)88(141)109-64(27-20-36-103-94(99)100)83(136)112-67(92(145)147-119-55(7)81(134)106-53(5)80(133)116-77(56(8)127)90(143)115-76(52(4)14-2)89(142)110-65(32-33-72(129)130)84(137)111-66(34-45-148-12)91(144)125-41-22-31-71(125)78(96)131)28-21-37-104-95(101)105-38-43-146-44-42-124-47-58(118-120-124)46-121(10)39-23-40-123-49-62(60-25-16-18-30-70(60)123)74-73(86(139)117-87(74)140)61-48-122(11)69-29-17-15-24-59(61)69/h15-18,24-25,29-30,47-49,51-56,63-68,71,75-77,119,126-127H,13-14,19-23,26-28,31-46,50H2,1-12H3,(H2,96,131)(H,106,134)(H,107,138)(H,108,128)(H,109,141)(H,110,142)(H,111,137)(H,112,136)(H,113,135)(H,114,132)(H,115,143)(H,116,133)(H,129,130)(H4,97,98,102)(H4,99,100,103)(H3,101,104,105)(H,117,139,140)/t51-,52-,53-,54-,55-,56+,63-,64-,65-,66-,67-,68-,71-,75-,76-,77-/m0/s1. The zero-order valence-electron chi connectivity index (χ0n) is 85.5. The van der Waals surface area contributed by atoms with Crippen LogP contribution in [-0.2, 0) is 118 Å². The number of amides is 15. The number of primary amides is 1. The van der Waals surface area contributed by atoms with Crippen molar-refractivity contribution in [1.29, 1.82) is 16.2 Å². The second-order valence-electron chi connectivity index (χ2n) is 36.7. The van der Waals surface area contributed by atoms with Crippen LogP contribution in [-0.4, -0.2) is 330 Å². The molecule has 0 spiro atoms. The van der Waals surface area contributed by atoms with E-state index < -0.39 is 222 Å². The number of rotatable bonds is 64. The lowest BCUT2D eigenvalue weighted by Gasteiger charge is -2.31. The van der Waals surface area contributed by atoms with Crippen LogP contribution in [0.1, 0.15) is 169 Å². The van der Waals surface area contributed by atoms with E-state index in [1.54, 1.807) is 38.6 Å². The molecule has 0 aliphatic carbocycles. The van der Waals surface area contributed by atoms with E-state index in [0.717, 1.165) is 42.1 Å². The van der Waals surface area contributed by atoms with Crippen molar-refractivity contribution in [3.8, 4) is 0 Å². The highest BCUT2D eigenvalue weighted by Crippen LogP contribution is 2.39. The molecule has 814 valence electrons. The normalized spacial score (nSPS) is 16.0. The van der Waals surface area contributed by atoms with Crippen LogP contribution < -0.4 is 108 Å². The Morgan fingerprint density at radius 2 is 1.05 bits per heavy atom. The van der Waals surface area contributed by atoms with Crippen LogP contribution in [0.5, 0.6) is 0 Å². The minimum Gasteiger partial charge on any atom is -0.481 e. The number of aryl methyl sites for hydroxylation is 2. The highest BCUT2D eigenvalue weighted by molar-refractivity contribution is 7.98. The number of likely N-dealkylation sites (tertiary alicyclic amines) is 1. The highest BCUT2D eigenvalue weighted by Gasteiger charge is 2.43. The largest absolute Gasteiger partial charge is 0.481 e. The number of guanidine groups is 3. The minimum absolute atomic E-state index is 0.00204. The summed E-state index contributed by atoms with van der Waals surface area (Å²) >= 11 is 1.36. The van der Waals surface area contributed by atoms with Crippen LogP contribution in [0.15, 0.2) is 67.1 Å². The van der Waals surface area contributed by atoms with Gasteiger partial charge >= 0.3 is 11.9 Å². The monoisotopic (exact) mass is 2090 g/mol. The Labute approximate surface area is 860 Å². The number of ether oxygens (including phenoxy) is 1. The van der Waals surface area contributed by atoms with Crippen molar-refractivity contribution in [2.45, 2.75) is 256 Å². The fourth-order valence-corrected chi connectivity index (χ4v) is 16.9. The summed E-state index contributed by atoms with van der Waals surface area (Å²) in [6.07, 6.45) is 6.42. The first-order valence-corrected chi connectivity index (χ1v) is 50.7. The number of hydroxylamine groups is 1. The number of imide groups is 1. The number of benzene rings is 2. The van der Waals surface area contributed by atoms with Gasteiger partial charge in [0.05, 0.1) is 49.3 Å². The number of carboxylic acids is 1. The number of nitrogens with one attached hydrogen (secondary N) is 20. The number of aliphatic hydroxyl groups is 2. The van der Waals surface area contributed by atoms with Gasteiger partial charge in [0.15, 0.2) is 17.9 Å². The molecule has 1 fully saturated rings. The molecule has 52 nitrogen and oxygen atoms in total. The zero-order chi connectivity index (χ0) is 109. The molecule has 2 aliphatic heterocycles. The number of hydrogen-bond acceptors (Lipinski definition) is 29. The van der Waals surface area contributed by atoms with E-state index in [1.807, 2.05) is 85.8 Å². The molecule has 2 aliphatic rings. The first-order valence-electron chi connectivity index (χ1n) is 49.3. The van der Waals surface area contributed by atoms with Crippen LogP contribution in [0, 0.1) is 28.1 Å². The Hall–Kier alpha value is -14.4. The highest BCUT2D eigenvalue weighted by atomic mass is 32.2. The number of fused-ring (bicyclic) bond motifs is 2. The maximum Gasteiger partial charge on any atom is 0.347 e. The second kappa shape index (κ2) is 60.0. The fourth-order valence-electron chi connectivity index (χ4n) is 16.5. The molecule has 5 heterocycles. The van der Waals surface area contributed by atoms with Gasteiger partial charge in [0.25, 0.3) is 11.8 Å². The van der Waals surface area contributed by atoms with Crippen molar-refractivity contribution in [1.82, 2.24) is 124 Å². The van der Waals surface area contributed by atoms with E-state index >= 15 is 0 Å². The summed E-state index contributed by atoms with van der Waals surface area (Å²) in [7, 11) is 3.87. The van der Waals surface area contributed by atoms with E-state index in [1.165, 1.54) is 37.4 Å². The van der Waals surface area contributed by atoms with Gasteiger partial charge in [-0.1, -0.05) is 82.1 Å². The van der Waals surface area contributed by atoms with E-state index in [0.29, 0.717) is 72.7 Å². The van der Waals surface area contributed by atoms with Gasteiger partial charge in [-0.25, -0.2) is 9.48 Å². The van der Waals surface area contributed by atoms with Gasteiger partial charge in [0, 0.05) is 118 Å². The zero-order valence-corrected chi connectivity index (χ0v) is 86.4. The van der Waals surface area contributed by atoms with Crippen molar-refractivity contribution in [2.75, 3.05) is 78.1 Å². The lowest BCUT2D eigenvalue weighted by molar-refractivity contribution is -0.158. The number of carboxylic acid groups (broad SMARTS) is 1. The molecule has 0 radical (unpaired) electrons. The number of nitrogens with two attached hydrogens (primary N) is 3. The summed E-state index contributed by atoms with van der Waals surface area (Å²) in [6.45, 7) is 14.4. The van der Waals surface area contributed by atoms with Gasteiger partial charge in [-0.15, -0.1) is 10.6 Å². The van der Waals surface area contributed by atoms with Crippen molar-refractivity contribution >= 4 is 163 Å². The van der Waals surface area contributed by atoms with Crippen LogP contribution in [0.4, 0.5) is 0 Å². The molecule has 53 heteroatoms. The molecule has 16 atom stereocenters. The molecular weight excluding hydrogens is 1950 g/mol. The lowest BCUT2D eigenvalue weighted by Crippen LogP contribution is -2.62. The van der Waals surface area contributed by atoms with Gasteiger partial charge in [0.1, 0.15) is 78.5 Å². The number of thioether (sulfide) groups is 1. The predicted molar refractivity (Wildman–Crippen MR) is 546 cm³/mol. The number of hydrogen-bond donors (Lipinski definition) is 26.